The molecule has 0 aliphatic carbocycles. The Kier molecular flexibility index (Phi) is 5.76. The fourth-order valence-corrected chi connectivity index (χ4v) is 5.32. The number of methoxy groups -OCH3 is 2. The molecular formula is C22H25N3O4S. The number of piperidine rings is 1. The standard InChI is InChI=1S/C22H25N3O4S/c1-28-18-8-6-17(7-9-18)25-20(26)15-30-22(25)10-12-24(13-11-22)21(27)23-16-4-3-5-19(14-16)29-2/h3-9,14H,10-13,15H2,1-2H3,(H,23,27). The highest BCUT2D eigenvalue weighted by atomic mass is 32.2. The van der Waals surface area contributed by atoms with Gasteiger partial charge in [0.2, 0.25) is 5.91 Å². The van der Waals surface area contributed by atoms with Crippen molar-refractivity contribution in [3.8, 4) is 11.5 Å². The number of carbonyl (C=O) groups is 2. The van der Waals surface area contributed by atoms with Crippen LogP contribution in [0.3, 0.4) is 0 Å². The summed E-state index contributed by atoms with van der Waals surface area (Å²) >= 11 is 1.68. The lowest BCUT2D eigenvalue weighted by Gasteiger charge is -2.43. The third-order valence-corrected chi connectivity index (χ3v) is 7.12. The highest BCUT2D eigenvalue weighted by Crippen LogP contribution is 2.47. The van der Waals surface area contributed by atoms with Crippen LogP contribution in [0.4, 0.5) is 16.2 Å². The van der Waals surface area contributed by atoms with Crippen molar-refractivity contribution in [2.45, 2.75) is 17.7 Å². The maximum atomic E-state index is 12.7. The first-order valence-corrected chi connectivity index (χ1v) is 10.8. The molecule has 2 aliphatic heterocycles. The molecule has 30 heavy (non-hydrogen) atoms. The van der Waals surface area contributed by atoms with E-state index >= 15 is 0 Å². The zero-order valence-electron chi connectivity index (χ0n) is 17.1. The maximum Gasteiger partial charge on any atom is 0.321 e. The summed E-state index contributed by atoms with van der Waals surface area (Å²) in [6.45, 7) is 1.17. The Bertz CT molecular complexity index is 926. The number of nitrogens with one attached hydrogen (secondary N) is 1. The van der Waals surface area contributed by atoms with E-state index in [0.29, 0.717) is 30.3 Å². The molecule has 0 radical (unpaired) electrons. The zero-order chi connectivity index (χ0) is 21.1. The van der Waals surface area contributed by atoms with Crippen LogP contribution in [0.5, 0.6) is 11.5 Å². The Morgan fingerprint density at radius 2 is 1.73 bits per heavy atom. The van der Waals surface area contributed by atoms with Gasteiger partial charge in [0.25, 0.3) is 0 Å². The van der Waals surface area contributed by atoms with Crippen molar-refractivity contribution in [1.29, 1.82) is 0 Å². The number of benzene rings is 2. The molecule has 3 amide bonds. The smallest absolute Gasteiger partial charge is 0.321 e. The van der Waals surface area contributed by atoms with Gasteiger partial charge in [-0.15, -0.1) is 11.8 Å². The highest BCUT2D eigenvalue weighted by Gasteiger charge is 2.49. The van der Waals surface area contributed by atoms with E-state index in [2.05, 4.69) is 5.32 Å². The van der Waals surface area contributed by atoms with Crippen LogP contribution in [0.1, 0.15) is 12.8 Å². The van der Waals surface area contributed by atoms with Crippen LogP contribution in [0, 0.1) is 0 Å². The van der Waals surface area contributed by atoms with Crippen LogP contribution in [0.2, 0.25) is 0 Å². The van der Waals surface area contributed by atoms with Gasteiger partial charge in [0.05, 0.1) is 24.8 Å². The molecule has 1 spiro atoms. The van der Waals surface area contributed by atoms with E-state index in [0.717, 1.165) is 24.3 Å². The molecule has 0 bridgehead atoms. The molecule has 1 N–H and O–H groups in total. The Hall–Kier alpha value is -2.87. The van der Waals surface area contributed by atoms with Gasteiger partial charge >= 0.3 is 6.03 Å². The molecule has 0 atom stereocenters. The molecule has 0 aromatic heterocycles. The summed E-state index contributed by atoms with van der Waals surface area (Å²) in [5, 5.41) is 2.94. The molecule has 0 unspecified atom stereocenters. The number of anilines is 2. The first kappa shape index (κ1) is 20.4. The quantitative estimate of drug-likeness (QED) is 0.804. The first-order chi connectivity index (χ1) is 14.5. The lowest BCUT2D eigenvalue weighted by molar-refractivity contribution is -0.116. The van der Waals surface area contributed by atoms with Crippen molar-refractivity contribution in [3.05, 3.63) is 48.5 Å². The van der Waals surface area contributed by atoms with Gasteiger partial charge in [-0.25, -0.2) is 4.79 Å². The minimum atomic E-state index is -0.307. The molecule has 0 saturated carbocycles. The summed E-state index contributed by atoms with van der Waals surface area (Å²) in [5.41, 5.74) is 1.57. The van der Waals surface area contributed by atoms with Gasteiger partial charge in [0.1, 0.15) is 11.5 Å². The third-order valence-electron chi connectivity index (χ3n) is 5.60. The lowest BCUT2D eigenvalue weighted by atomic mass is 10.0. The largest absolute Gasteiger partial charge is 0.497 e. The second-order valence-electron chi connectivity index (χ2n) is 7.31. The minimum Gasteiger partial charge on any atom is -0.497 e. The number of carbonyl (C=O) groups excluding carboxylic acids is 2. The topological polar surface area (TPSA) is 71.1 Å². The van der Waals surface area contributed by atoms with E-state index in [9.17, 15) is 9.59 Å². The number of hydrogen-bond donors (Lipinski definition) is 1. The lowest BCUT2D eigenvalue weighted by Crippen LogP contribution is -2.53. The fourth-order valence-electron chi connectivity index (χ4n) is 3.99. The van der Waals surface area contributed by atoms with Gasteiger partial charge in [-0.1, -0.05) is 6.07 Å². The van der Waals surface area contributed by atoms with Crippen molar-refractivity contribution >= 4 is 35.1 Å². The van der Waals surface area contributed by atoms with Crippen molar-refractivity contribution in [1.82, 2.24) is 4.90 Å². The zero-order valence-corrected chi connectivity index (χ0v) is 17.9. The van der Waals surface area contributed by atoms with Crippen LogP contribution >= 0.6 is 11.8 Å². The maximum absolute atomic E-state index is 12.7. The van der Waals surface area contributed by atoms with Gasteiger partial charge in [-0.3, -0.25) is 9.69 Å². The average molecular weight is 428 g/mol. The van der Waals surface area contributed by atoms with Crippen LogP contribution in [-0.2, 0) is 4.79 Å². The number of ether oxygens (including phenoxy) is 2. The van der Waals surface area contributed by atoms with E-state index in [1.165, 1.54) is 0 Å². The molecule has 4 rings (SSSR count). The third kappa shape index (κ3) is 3.92. The molecule has 2 aromatic carbocycles. The predicted octanol–water partition coefficient (Wildman–Crippen LogP) is 3.81. The van der Waals surface area contributed by atoms with E-state index < -0.39 is 0 Å². The van der Waals surface area contributed by atoms with Crippen LogP contribution < -0.4 is 19.7 Å². The van der Waals surface area contributed by atoms with E-state index in [-0.39, 0.29) is 16.8 Å². The molecule has 7 nitrogen and oxygen atoms in total. The summed E-state index contributed by atoms with van der Waals surface area (Å²) in [5.74, 6) is 2.03. The Labute approximate surface area is 180 Å². The van der Waals surface area contributed by atoms with Gasteiger partial charge in [-0.05, 0) is 49.2 Å². The number of hydrogen-bond acceptors (Lipinski definition) is 5. The van der Waals surface area contributed by atoms with Gasteiger partial charge < -0.3 is 19.7 Å². The molecule has 2 saturated heterocycles. The minimum absolute atomic E-state index is 0.111. The van der Waals surface area contributed by atoms with Gasteiger partial charge in [0.15, 0.2) is 0 Å². The molecule has 2 heterocycles. The van der Waals surface area contributed by atoms with Crippen LogP contribution in [0.25, 0.3) is 0 Å². The van der Waals surface area contributed by atoms with Crippen molar-refractivity contribution in [2.24, 2.45) is 0 Å². The Balaban J connectivity index is 1.44. The molecule has 8 heteroatoms. The van der Waals surface area contributed by atoms with E-state index in [1.54, 1.807) is 36.9 Å². The molecule has 158 valence electrons. The van der Waals surface area contributed by atoms with Crippen LogP contribution in [-0.4, -0.2) is 54.8 Å². The summed E-state index contributed by atoms with van der Waals surface area (Å²) in [7, 11) is 3.22. The summed E-state index contributed by atoms with van der Waals surface area (Å²) < 4.78 is 10.4. The monoisotopic (exact) mass is 427 g/mol. The average Bonchev–Trinajstić information content (AvgIpc) is 3.09. The molecule has 2 fully saturated rings. The number of thioether (sulfide) groups is 1. The number of urea groups is 1. The number of nitrogens with zero attached hydrogens (tertiary/aromatic N) is 2. The van der Waals surface area contributed by atoms with Crippen molar-refractivity contribution < 1.29 is 19.1 Å². The summed E-state index contributed by atoms with van der Waals surface area (Å²) in [6.07, 6.45) is 1.45. The van der Waals surface area contributed by atoms with E-state index in [1.807, 2.05) is 47.4 Å². The van der Waals surface area contributed by atoms with E-state index in [4.69, 9.17) is 9.47 Å². The first-order valence-electron chi connectivity index (χ1n) is 9.86. The highest BCUT2D eigenvalue weighted by molar-refractivity contribution is 8.02. The molecule has 2 aliphatic rings. The fraction of sp³-hybridized carbons (Fsp3) is 0.364. The van der Waals surface area contributed by atoms with Crippen LogP contribution in [0.15, 0.2) is 48.5 Å². The van der Waals surface area contributed by atoms with Crippen molar-refractivity contribution in [2.75, 3.05) is 43.3 Å². The second kappa shape index (κ2) is 8.47. The summed E-state index contributed by atoms with van der Waals surface area (Å²) in [6, 6.07) is 14.8. The predicted molar refractivity (Wildman–Crippen MR) is 118 cm³/mol. The molecule has 2 aromatic rings. The number of likely N-dealkylation sites (tertiary alicyclic amines) is 1. The van der Waals surface area contributed by atoms with Crippen molar-refractivity contribution in [3.63, 3.8) is 0 Å². The second-order valence-corrected chi connectivity index (χ2v) is 8.65. The number of amides is 3. The summed E-state index contributed by atoms with van der Waals surface area (Å²) in [4.78, 5) is 28.8. The Morgan fingerprint density at radius 3 is 2.40 bits per heavy atom. The molecular weight excluding hydrogens is 402 g/mol. The van der Waals surface area contributed by atoms with Gasteiger partial charge in [-0.2, -0.15) is 0 Å². The number of rotatable bonds is 4. The Morgan fingerprint density at radius 1 is 1.03 bits per heavy atom. The van der Waals surface area contributed by atoms with Gasteiger partial charge in [0, 0.05) is 30.5 Å². The normalized spacial score (nSPS) is 17.9. The SMILES string of the molecule is COc1ccc(N2C(=O)CSC23CCN(C(=O)Nc2cccc(OC)c2)CC3)cc1.